The number of likely N-dealkylation sites (N-methyl/N-ethyl adjacent to an activating group) is 1. The minimum Gasteiger partial charge on any atom is -0.325 e. The third kappa shape index (κ3) is 2.85. The van der Waals surface area contributed by atoms with E-state index in [2.05, 4.69) is 50.2 Å². The van der Waals surface area contributed by atoms with Crippen LogP contribution in [0.5, 0.6) is 0 Å². The Morgan fingerprint density at radius 3 is 2.67 bits per heavy atom. The molecule has 0 aliphatic carbocycles. The highest BCUT2D eigenvalue weighted by Crippen LogP contribution is 2.41. The molecule has 0 N–H and O–H groups in total. The van der Waals surface area contributed by atoms with Crippen LogP contribution in [0.4, 0.5) is 0 Å². The van der Waals surface area contributed by atoms with Crippen molar-refractivity contribution < 1.29 is 0 Å². The Hall–Kier alpha value is -1.96. The van der Waals surface area contributed by atoms with Gasteiger partial charge >= 0.3 is 0 Å². The highest BCUT2D eigenvalue weighted by atomic mass is 32.1. The molecule has 2 aliphatic heterocycles. The fourth-order valence-corrected chi connectivity index (χ4v) is 5.45. The number of aromatic nitrogens is 4. The minimum atomic E-state index is 0.0602. The zero-order valence-electron chi connectivity index (χ0n) is 16.0. The Balaban J connectivity index is 1.42. The standard InChI is InChI=1S/C20H26N6S/c1-23-9-10-26-18(16-12-22-24(2)14-16)13-21-19(26)20(23)5-7-25(8-6-20)15-17-4-3-11-27-17/h3-4,11-14H,5-10,15H2,1-2H3. The summed E-state index contributed by atoms with van der Waals surface area (Å²) in [4.78, 5) is 11.5. The summed E-state index contributed by atoms with van der Waals surface area (Å²) in [7, 11) is 4.24. The highest BCUT2D eigenvalue weighted by molar-refractivity contribution is 7.09. The second-order valence-corrected chi connectivity index (χ2v) is 8.86. The van der Waals surface area contributed by atoms with Crippen LogP contribution >= 0.6 is 11.3 Å². The Morgan fingerprint density at radius 1 is 1.11 bits per heavy atom. The normalized spacial score (nSPS) is 20.2. The summed E-state index contributed by atoms with van der Waals surface area (Å²) in [5.74, 6) is 1.24. The largest absolute Gasteiger partial charge is 0.325 e. The van der Waals surface area contributed by atoms with E-state index < -0.39 is 0 Å². The molecule has 3 aromatic heterocycles. The molecule has 0 bridgehead atoms. The Labute approximate surface area is 164 Å². The quantitative estimate of drug-likeness (QED) is 0.699. The van der Waals surface area contributed by atoms with Crippen LogP contribution in [0.2, 0.25) is 0 Å². The van der Waals surface area contributed by atoms with Crippen LogP contribution in [0.1, 0.15) is 23.5 Å². The van der Waals surface area contributed by atoms with E-state index in [9.17, 15) is 0 Å². The molecule has 0 amide bonds. The lowest BCUT2D eigenvalue weighted by molar-refractivity contribution is 0.00725. The number of aryl methyl sites for hydroxylation is 1. The number of nitrogens with zero attached hydrogens (tertiary/aromatic N) is 6. The second kappa shape index (κ2) is 6.58. The lowest BCUT2D eigenvalue weighted by Gasteiger charge is -2.49. The van der Waals surface area contributed by atoms with E-state index in [0.29, 0.717) is 0 Å². The van der Waals surface area contributed by atoms with Crippen LogP contribution in [0.25, 0.3) is 11.3 Å². The maximum absolute atomic E-state index is 4.94. The number of piperidine rings is 1. The zero-order valence-corrected chi connectivity index (χ0v) is 16.8. The highest BCUT2D eigenvalue weighted by Gasteiger charge is 2.45. The van der Waals surface area contributed by atoms with Crippen molar-refractivity contribution in [2.75, 3.05) is 26.7 Å². The summed E-state index contributed by atoms with van der Waals surface area (Å²) in [6.07, 6.45) is 8.35. The Morgan fingerprint density at radius 2 is 1.96 bits per heavy atom. The fourth-order valence-electron chi connectivity index (χ4n) is 4.70. The molecule has 0 atom stereocenters. The first-order chi connectivity index (χ1) is 13.2. The van der Waals surface area contributed by atoms with Gasteiger partial charge in [-0.15, -0.1) is 11.3 Å². The molecule has 6 nitrogen and oxygen atoms in total. The summed E-state index contributed by atoms with van der Waals surface area (Å²) in [6.45, 7) is 5.39. The monoisotopic (exact) mass is 382 g/mol. The van der Waals surface area contributed by atoms with Crippen molar-refractivity contribution in [3.63, 3.8) is 0 Å². The van der Waals surface area contributed by atoms with E-state index >= 15 is 0 Å². The van der Waals surface area contributed by atoms with Crippen molar-refractivity contribution in [1.29, 1.82) is 0 Å². The van der Waals surface area contributed by atoms with Crippen LogP contribution < -0.4 is 0 Å². The van der Waals surface area contributed by atoms with Crippen LogP contribution in [0.15, 0.2) is 36.1 Å². The molecular formula is C20H26N6S. The van der Waals surface area contributed by atoms with Crippen molar-refractivity contribution in [1.82, 2.24) is 29.1 Å². The van der Waals surface area contributed by atoms with Crippen LogP contribution in [-0.4, -0.2) is 55.8 Å². The van der Waals surface area contributed by atoms with Crippen molar-refractivity contribution in [2.45, 2.75) is 31.5 Å². The smallest absolute Gasteiger partial charge is 0.129 e. The molecule has 3 aromatic rings. The molecular weight excluding hydrogens is 356 g/mol. The molecule has 0 aromatic carbocycles. The number of thiophene rings is 1. The van der Waals surface area contributed by atoms with Gasteiger partial charge in [-0.05, 0) is 31.3 Å². The second-order valence-electron chi connectivity index (χ2n) is 7.83. The number of imidazole rings is 1. The van der Waals surface area contributed by atoms with Gasteiger partial charge in [-0.1, -0.05) is 6.07 Å². The van der Waals surface area contributed by atoms with Gasteiger partial charge < -0.3 is 4.57 Å². The van der Waals surface area contributed by atoms with Gasteiger partial charge in [0.1, 0.15) is 5.82 Å². The molecule has 142 valence electrons. The average molecular weight is 383 g/mol. The molecule has 1 saturated heterocycles. The number of rotatable bonds is 3. The van der Waals surface area contributed by atoms with E-state index in [-0.39, 0.29) is 5.54 Å². The molecule has 0 radical (unpaired) electrons. The average Bonchev–Trinajstić information content (AvgIpc) is 3.41. The van der Waals surface area contributed by atoms with Crippen molar-refractivity contribution >= 4 is 11.3 Å². The van der Waals surface area contributed by atoms with E-state index in [4.69, 9.17) is 4.98 Å². The van der Waals surface area contributed by atoms with Gasteiger partial charge in [0.2, 0.25) is 0 Å². The first-order valence-electron chi connectivity index (χ1n) is 9.67. The third-order valence-electron chi connectivity index (χ3n) is 6.30. The van der Waals surface area contributed by atoms with E-state index in [0.717, 1.165) is 51.1 Å². The first-order valence-corrected chi connectivity index (χ1v) is 10.5. The SMILES string of the molecule is CN1CCn2c(-c3cnn(C)c3)cnc2C12CCN(Cc1cccs1)CC2. The van der Waals surface area contributed by atoms with Gasteiger partial charge in [0, 0.05) is 56.4 Å². The molecule has 0 saturated carbocycles. The number of hydrogen-bond acceptors (Lipinski definition) is 5. The molecule has 5 rings (SSSR count). The van der Waals surface area contributed by atoms with Gasteiger partial charge in [-0.3, -0.25) is 14.5 Å². The van der Waals surface area contributed by atoms with E-state index in [1.165, 1.54) is 16.4 Å². The lowest BCUT2D eigenvalue weighted by Crippen LogP contribution is -2.56. The molecule has 2 aliphatic rings. The maximum Gasteiger partial charge on any atom is 0.129 e. The predicted molar refractivity (Wildman–Crippen MR) is 108 cm³/mol. The molecule has 7 heteroatoms. The minimum absolute atomic E-state index is 0.0602. The fraction of sp³-hybridized carbons (Fsp3) is 0.500. The van der Waals surface area contributed by atoms with E-state index in [1.54, 1.807) is 0 Å². The molecule has 27 heavy (non-hydrogen) atoms. The van der Waals surface area contributed by atoms with Crippen molar-refractivity contribution in [3.8, 4) is 11.3 Å². The van der Waals surface area contributed by atoms with Crippen molar-refractivity contribution in [2.24, 2.45) is 7.05 Å². The van der Waals surface area contributed by atoms with Crippen LogP contribution in [0, 0.1) is 0 Å². The summed E-state index contributed by atoms with van der Waals surface area (Å²) in [5.41, 5.74) is 2.42. The predicted octanol–water partition coefficient (Wildman–Crippen LogP) is 2.78. The van der Waals surface area contributed by atoms with Crippen LogP contribution in [0.3, 0.4) is 0 Å². The van der Waals surface area contributed by atoms with Gasteiger partial charge in [0.25, 0.3) is 0 Å². The summed E-state index contributed by atoms with van der Waals surface area (Å²) >= 11 is 1.86. The molecule has 5 heterocycles. The van der Waals surface area contributed by atoms with Crippen molar-refractivity contribution in [3.05, 3.63) is 46.8 Å². The zero-order chi connectivity index (χ0) is 18.4. The lowest BCUT2D eigenvalue weighted by atomic mass is 9.83. The topological polar surface area (TPSA) is 42.1 Å². The molecule has 1 fully saturated rings. The third-order valence-corrected chi connectivity index (χ3v) is 7.17. The van der Waals surface area contributed by atoms with E-state index in [1.807, 2.05) is 35.5 Å². The first kappa shape index (κ1) is 17.2. The Bertz CT molecular complexity index is 916. The van der Waals surface area contributed by atoms with Gasteiger partial charge in [-0.2, -0.15) is 5.10 Å². The van der Waals surface area contributed by atoms with Gasteiger partial charge in [0.15, 0.2) is 0 Å². The molecule has 1 spiro atoms. The Kier molecular flexibility index (Phi) is 4.18. The van der Waals surface area contributed by atoms with Gasteiger partial charge in [-0.25, -0.2) is 4.98 Å². The number of fused-ring (bicyclic) bond motifs is 2. The maximum atomic E-state index is 4.94. The number of likely N-dealkylation sites (tertiary alicyclic amines) is 1. The summed E-state index contributed by atoms with van der Waals surface area (Å²) in [6, 6.07) is 4.39. The molecule has 0 unspecified atom stereocenters. The summed E-state index contributed by atoms with van der Waals surface area (Å²) < 4.78 is 4.30. The van der Waals surface area contributed by atoms with Crippen LogP contribution in [-0.2, 0) is 25.7 Å². The summed E-state index contributed by atoms with van der Waals surface area (Å²) in [5, 5.41) is 6.52. The number of hydrogen-bond donors (Lipinski definition) is 0. The van der Waals surface area contributed by atoms with Gasteiger partial charge in [0.05, 0.1) is 23.6 Å².